The zero-order chi connectivity index (χ0) is 20.9. The molecule has 1 aromatic rings. The molecule has 2 rings (SSSR count). The van der Waals surface area contributed by atoms with Gasteiger partial charge >= 0.3 is 0 Å². The Balaban J connectivity index is 2.25. The summed E-state index contributed by atoms with van der Waals surface area (Å²) in [5, 5.41) is 2.88. The predicted octanol–water partition coefficient (Wildman–Crippen LogP) is 1.32. The lowest BCUT2D eigenvalue weighted by atomic mass is 9.96. The third-order valence-corrected chi connectivity index (χ3v) is 6.63. The third-order valence-electron chi connectivity index (χ3n) is 4.80. The van der Waals surface area contributed by atoms with Crippen LogP contribution in [-0.2, 0) is 14.8 Å². The SMILES string of the molecule is CCCNC(=O)C1CCCN(C(=O)c2ccc(OC)c(S(=O)(=O)N(C)C)c2)C1. The summed E-state index contributed by atoms with van der Waals surface area (Å²) in [7, 11) is 0.465. The minimum atomic E-state index is -3.77. The molecule has 1 fully saturated rings. The van der Waals surface area contributed by atoms with Crippen molar-refractivity contribution in [2.45, 2.75) is 31.1 Å². The molecule has 0 spiro atoms. The molecule has 2 amide bonds. The molecule has 156 valence electrons. The highest BCUT2D eigenvalue weighted by Gasteiger charge is 2.30. The van der Waals surface area contributed by atoms with E-state index in [9.17, 15) is 18.0 Å². The smallest absolute Gasteiger partial charge is 0.253 e. The second kappa shape index (κ2) is 9.38. The van der Waals surface area contributed by atoms with Crippen LogP contribution in [0, 0.1) is 5.92 Å². The van der Waals surface area contributed by atoms with Crippen LogP contribution in [-0.4, -0.2) is 70.3 Å². The average Bonchev–Trinajstić information content (AvgIpc) is 2.70. The lowest BCUT2D eigenvalue weighted by Crippen LogP contribution is -2.45. The lowest BCUT2D eigenvalue weighted by Gasteiger charge is -2.32. The van der Waals surface area contributed by atoms with Crippen molar-refractivity contribution < 1.29 is 22.7 Å². The summed E-state index contributed by atoms with van der Waals surface area (Å²) in [5.41, 5.74) is 0.260. The van der Waals surface area contributed by atoms with E-state index < -0.39 is 10.0 Å². The normalized spacial score (nSPS) is 17.5. The second-order valence-electron chi connectivity index (χ2n) is 7.03. The Labute approximate surface area is 166 Å². The van der Waals surface area contributed by atoms with Gasteiger partial charge in [-0.3, -0.25) is 9.59 Å². The summed E-state index contributed by atoms with van der Waals surface area (Å²) in [5.74, 6) is -0.385. The van der Waals surface area contributed by atoms with E-state index in [0.717, 1.165) is 23.6 Å². The van der Waals surface area contributed by atoms with Gasteiger partial charge in [0, 0.05) is 39.3 Å². The summed E-state index contributed by atoms with van der Waals surface area (Å²) in [6.07, 6.45) is 2.33. The Kier molecular flexibility index (Phi) is 7.42. The van der Waals surface area contributed by atoms with Crippen molar-refractivity contribution in [2.75, 3.05) is 40.8 Å². The highest BCUT2D eigenvalue weighted by Crippen LogP contribution is 2.28. The molecule has 0 bridgehead atoms. The number of methoxy groups -OCH3 is 1. The summed E-state index contributed by atoms with van der Waals surface area (Å²) in [6, 6.07) is 4.38. The highest BCUT2D eigenvalue weighted by molar-refractivity contribution is 7.89. The molecule has 1 saturated heterocycles. The Bertz CT molecular complexity index is 823. The van der Waals surface area contributed by atoms with Gasteiger partial charge in [-0.1, -0.05) is 6.92 Å². The fourth-order valence-corrected chi connectivity index (χ4v) is 4.23. The molecule has 1 atom stereocenters. The first-order chi connectivity index (χ1) is 13.2. The molecule has 0 saturated carbocycles. The van der Waals surface area contributed by atoms with Gasteiger partial charge in [0.15, 0.2) is 0 Å². The number of benzene rings is 1. The first-order valence-electron chi connectivity index (χ1n) is 9.40. The summed E-state index contributed by atoms with van der Waals surface area (Å²) in [4.78, 5) is 26.8. The summed E-state index contributed by atoms with van der Waals surface area (Å²) >= 11 is 0. The fourth-order valence-electron chi connectivity index (χ4n) is 3.16. The topological polar surface area (TPSA) is 96.0 Å². The van der Waals surface area contributed by atoms with Crippen LogP contribution in [0.4, 0.5) is 0 Å². The number of carbonyl (C=O) groups is 2. The number of nitrogens with one attached hydrogen (secondary N) is 1. The first kappa shape index (κ1) is 22.2. The van der Waals surface area contributed by atoms with Gasteiger partial charge in [0.05, 0.1) is 13.0 Å². The van der Waals surface area contributed by atoms with E-state index in [4.69, 9.17) is 4.74 Å². The highest BCUT2D eigenvalue weighted by atomic mass is 32.2. The monoisotopic (exact) mass is 411 g/mol. The van der Waals surface area contributed by atoms with E-state index in [1.54, 1.807) is 11.0 Å². The predicted molar refractivity (Wildman–Crippen MR) is 106 cm³/mol. The number of hydrogen-bond acceptors (Lipinski definition) is 5. The number of rotatable bonds is 7. The standard InChI is InChI=1S/C19H29N3O5S/c1-5-10-20-18(23)15-7-6-11-22(13-15)19(24)14-8-9-16(27-4)17(12-14)28(25,26)21(2)3/h8-9,12,15H,5-7,10-11,13H2,1-4H3,(H,20,23). The van der Waals surface area contributed by atoms with Gasteiger partial charge in [-0.25, -0.2) is 12.7 Å². The fraction of sp³-hybridized carbons (Fsp3) is 0.579. The quantitative estimate of drug-likeness (QED) is 0.730. The van der Waals surface area contributed by atoms with Crippen molar-refractivity contribution in [3.63, 3.8) is 0 Å². The van der Waals surface area contributed by atoms with Crippen LogP contribution < -0.4 is 10.1 Å². The number of nitrogens with zero attached hydrogens (tertiary/aromatic N) is 2. The van der Waals surface area contributed by atoms with Crippen molar-refractivity contribution in [1.82, 2.24) is 14.5 Å². The number of hydrogen-bond donors (Lipinski definition) is 1. The molecule has 0 aliphatic carbocycles. The van der Waals surface area contributed by atoms with E-state index in [2.05, 4.69) is 5.32 Å². The molecule has 1 heterocycles. The van der Waals surface area contributed by atoms with Gasteiger partial charge in [-0.2, -0.15) is 0 Å². The minimum Gasteiger partial charge on any atom is -0.495 e. The Morgan fingerprint density at radius 2 is 2.04 bits per heavy atom. The van der Waals surface area contributed by atoms with E-state index in [1.807, 2.05) is 6.92 Å². The van der Waals surface area contributed by atoms with Gasteiger partial charge in [0.2, 0.25) is 15.9 Å². The summed E-state index contributed by atoms with van der Waals surface area (Å²) in [6.45, 7) is 3.47. The molecule has 0 aromatic heterocycles. The Morgan fingerprint density at radius 3 is 2.64 bits per heavy atom. The van der Waals surface area contributed by atoms with E-state index in [1.165, 1.54) is 33.3 Å². The maximum atomic E-state index is 13.0. The largest absolute Gasteiger partial charge is 0.495 e. The summed E-state index contributed by atoms with van der Waals surface area (Å²) < 4.78 is 31.4. The van der Waals surface area contributed by atoms with Crippen LogP contribution >= 0.6 is 0 Å². The van der Waals surface area contributed by atoms with Gasteiger partial charge in [-0.15, -0.1) is 0 Å². The van der Waals surface area contributed by atoms with E-state index in [0.29, 0.717) is 19.6 Å². The lowest BCUT2D eigenvalue weighted by molar-refractivity contribution is -0.126. The van der Waals surface area contributed by atoms with Crippen molar-refractivity contribution in [3.8, 4) is 5.75 Å². The molecule has 1 aliphatic rings. The second-order valence-corrected chi connectivity index (χ2v) is 9.15. The van der Waals surface area contributed by atoms with Gasteiger partial charge in [0.25, 0.3) is 5.91 Å². The van der Waals surface area contributed by atoms with Crippen molar-refractivity contribution >= 4 is 21.8 Å². The molecule has 1 aromatic carbocycles. The van der Waals surface area contributed by atoms with Gasteiger partial charge < -0.3 is 15.0 Å². The number of sulfonamides is 1. The first-order valence-corrected chi connectivity index (χ1v) is 10.8. The minimum absolute atomic E-state index is 0.0371. The molecule has 1 aliphatic heterocycles. The van der Waals surface area contributed by atoms with Crippen LogP contribution in [0.1, 0.15) is 36.5 Å². The zero-order valence-electron chi connectivity index (χ0n) is 16.9. The van der Waals surface area contributed by atoms with E-state index in [-0.39, 0.29) is 33.9 Å². The zero-order valence-corrected chi connectivity index (χ0v) is 17.7. The molecule has 9 heteroatoms. The molecule has 8 nitrogen and oxygen atoms in total. The molecule has 1 N–H and O–H groups in total. The maximum absolute atomic E-state index is 13.0. The number of likely N-dealkylation sites (tertiary alicyclic amines) is 1. The number of piperidine rings is 1. The van der Waals surface area contributed by atoms with E-state index >= 15 is 0 Å². The molecular formula is C19H29N3O5S. The maximum Gasteiger partial charge on any atom is 0.253 e. The molecule has 0 radical (unpaired) electrons. The average molecular weight is 412 g/mol. The molecular weight excluding hydrogens is 382 g/mol. The van der Waals surface area contributed by atoms with Crippen molar-refractivity contribution in [2.24, 2.45) is 5.92 Å². The number of ether oxygens (including phenoxy) is 1. The van der Waals surface area contributed by atoms with Crippen LogP contribution in [0.2, 0.25) is 0 Å². The van der Waals surface area contributed by atoms with Crippen LogP contribution in [0.5, 0.6) is 5.75 Å². The van der Waals surface area contributed by atoms with Crippen LogP contribution in [0.3, 0.4) is 0 Å². The van der Waals surface area contributed by atoms with Gasteiger partial charge in [0.1, 0.15) is 10.6 Å². The number of amides is 2. The third kappa shape index (κ3) is 4.82. The Hall–Kier alpha value is -2.13. The van der Waals surface area contributed by atoms with Crippen LogP contribution in [0.15, 0.2) is 23.1 Å². The number of carbonyl (C=O) groups excluding carboxylic acids is 2. The van der Waals surface area contributed by atoms with Crippen molar-refractivity contribution in [3.05, 3.63) is 23.8 Å². The molecule has 28 heavy (non-hydrogen) atoms. The molecule has 1 unspecified atom stereocenters. The van der Waals surface area contributed by atoms with Crippen LogP contribution in [0.25, 0.3) is 0 Å². The Morgan fingerprint density at radius 1 is 1.32 bits per heavy atom. The van der Waals surface area contributed by atoms with Crippen molar-refractivity contribution in [1.29, 1.82) is 0 Å². The van der Waals surface area contributed by atoms with Gasteiger partial charge in [-0.05, 0) is 37.5 Å².